The fraction of sp³-hybridized carbons (Fsp3) is 0.423. The summed E-state index contributed by atoms with van der Waals surface area (Å²) in [4.78, 5) is 14.3. The molecule has 0 amide bonds. The van der Waals surface area contributed by atoms with Crippen LogP contribution in [0.3, 0.4) is 0 Å². The second-order valence-corrected chi connectivity index (χ2v) is 9.46. The fourth-order valence-electron chi connectivity index (χ4n) is 4.73. The van der Waals surface area contributed by atoms with E-state index in [9.17, 15) is 4.79 Å². The zero-order valence-corrected chi connectivity index (χ0v) is 19.3. The van der Waals surface area contributed by atoms with Gasteiger partial charge in [0, 0.05) is 23.7 Å². The van der Waals surface area contributed by atoms with Crippen LogP contribution in [0.15, 0.2) is 49.1 Å². The molecular weight excluding hydrogens is 429 g/mol. The zero-order chi connectivity index (χ0) is 21.8. The summed E-state index contributed by atoms with van der Waals surface area (Å²) >= 11 is 12.2. The van der Waals surface area contributed by atoms with Crippen LogP contribution >= 0.6 is 23.2 Å². The Morgan fingerprint density at radius 3 is 2.71 bits per heavy atom. The summed E-state index contributed by atoms with van der Waals surface area (Å²) in [6, 6.07) is 11.7. The molecule has 2 atom stereocenters. The number of fused-ring (bicyclic) bond motifs is 2. The van der Waals surface area contributed by atoms with Crippen molar-refractivity contribution in [1.82, 2.24) is 0 Å². The van der Waals surface area contributed by atoms with Crippen LogP contribution in [0, 0.1) is 11.8 Å². The summed E-state index contributed by atoms with van der Waals surface area (Å²) in [6.07, 6.45) is 8.54. The molecule has 2 aromatic rings. The third kappa shape index (κ3) is 5.27. The summed E-state index contributed by atoms with van der Waals surface area (Å²) in [7, 11) is 0. The molecule has 5 heteroatoms. The van der Waals surface area contributed by atoms with Crippen LogP contribution in [0.4, 0.5) is 5.69 Å². The molecule has 0 radical (unpaired) electrons. The van der Waals surface area contributed by atoms with E-state index in [0.717, 1.165) is 55.2 Å². The van der Waals surface area contributed by atoms with Crippen LogP contribution in [0.2, 0.25) is 5.02 Å². The average molecular weight is 458 g/mol. The molecule has 1 fully saturated rings. The highest BCUT2D eigenvalue weighted by Gasteiger charge is 2.32. The largest absolute Gasteiger partial charge is 0.491 e. The van der Waals surface area contributed by atoms with Crippen molar-refractivity contribution in [3.8, 4) is 5.75 Å². The van der Waals surface area contributed by atoms with Gasteiger partial charge in [-0.1, -0.05) is 23.7 Å². The maximum atomic E-state index is 11.9. The first-order valence-electron chi connectivity index (χ1n) is 11.1. The summed E-state index contributed by atoms with van der Waals surface area (Å²) in [5.41, 5.74) is 4.01. The van der Waals surface area contributed by atoms with Gasteiger partial charge in [-0.05, 0) is 103 Å². The van der Waals surface area contributed by atoms with Gasteiger partial charge in [0.1, 0.15) is 5.75 Å². The molecule has 0 spiro atoms. The SMILES string of the molecule is C=CC[C@@H]1CC[C@H]1CN1Cc2ccc(Cl)cc2CCCCOc2ccc(C(=O)Cl)cc21. The van der Waals surface area contributed by atoms with E-state index in [0.29, 0.717) is 24.0 Å². The smallest absolute Gasteiger partial charge is 0.252 e. The molecular formula is C26H29Cl2NO2. The van der Waals surface area contributed by atoms with Gasteiger partial charge in [0.05, 0.1) is 12.3 Å². The van der Waals surface area contributed by atoms with E-state index in [-0.39, 0.29) is 0 Å². The number of halogens is 2. The molecule has 1 aliphatic carbocycles. The number of anilines is 1. The normalized spacial score (nSPS) is 21.0. The number of ether oxygens (including phenoxy) is 1. The van der Waals surface area contributed by atoms with E-state index in [1.807, 2.05) is 24.3 Å². The second-order valence-electron chi connectivity index (χ2n) is 8.68. The van der Waals surface area contributed by atoms with Gasteiger partial charge in [-0.25, -0.2) is 0 Å². The average Bonchev–Trinajstić information content (AvgIpc) is 2.77. The predicted molar refractivity (Wildman–Crippen MR) is 129 cm³/mol. The molecule has 1 saturated carbocycles. The highest BCUT2D eigenvalue weighted by molar-refractivity contribution is 6.67. The van der Waals surface area contributed by atoms with Crippen molar-refractivity contribution in [3.05, 3.63) is 70.8 Å². The molecule has 0 saturated heterocycles. The minimum absolute atomic E-state index is 0.447. The highest BCUT2D eigenvalue weighted by Crippen LogP contribution is 2.41. The Morgan fingerprint density at radius 1 is 1.13 bits per heavy atom. The number of aryl methyl sites for hydroxylation is 1. The molecule has 0 unspecified atom stereocenters. The quantitative estimate of drug-likeness (QED) is 0.355. The van der Waals surface area contributed by atoms with Gasteiger partial charge in [0.2, 0.25) is 0 Å². The predicted octanol–water partition coefficient (Wildman–Crippen LogP) is 7.04. The van der Waals surface area contributed by atoms with Gasteiger partial charge in [-0.3, -0.25) is 4.79 Å². The number of allylic oxidation sites excluding steroid dienone is 1. The van der Waals surface area contributed by atoms with E-state index in [2.05, 4.69) is 23.6 Å². The molecule has 0 N–H and O–H groups in total. The Balaban J connectivity index is 1.74. The fourth-order valence-corrected chi connectivity index (χ4v) is 5.04. The monoisotopic (exact) mass is 457 g/mol. The standard InChI is InChI=1S/C26H29Cl2NO2/c1-2-5-18-7-8-21(18)16-29-17-22-9-11-23(27)14-19(22)6-3-4-13-31-25-12-10-20(26(28)30)15-24(25)29/h2,9-12,14-15,18,21H,1,3-8,13,16-17H2/t18-,21+/m1/s1. The molecule has 1 heterocycles. The molecule has 4 rings (SSSR count). The minimum atomic E-state index is -0.447. The first-order chi connectivity index (χ1) is 15.0. The van der Waals surface area contributed by atoms with Gasteiger partial charge < -0.3 is 9.64 Å². The van der Waals surface area contributed by atoms with E-state index < -0.39 is 5.24 Å². The lowest BCUT2D eigenvalue weighted by molar-refractivity contribution is 0.108. The number of carbonyl (C=O) groups is 1. The molecule has 0 aromatic heterocycles. The summed E-state index contributed by atoms with van der Waals surface area (Å²) in [6.45, 7) is 6.24. The van der Waals surface area contributed by atoms with E-state index >= 15 is 0 Å². The first kappa shape index (κ1) is 22.2. The lowest BCUT2D eigenvalue weighted by atomic mass is 9.71. The van der Waals surface area contributed by atoms with Gasteiger partial charge in [0.25, 0.3) is 5.24 Å². The van der Waals surface area contributed by atoms with Crippen LogP contribution in [0.5, 0.6) is 5.75 Å². The van der Waals surface area contributed by atoms with Crippen LogP contribution < -0.4 is 9.64 Å². The molecule has 2 aromatic carbocycles. The molecule has 1 aliphatic heterocycles. The third-order valence-corrected chi connectivity index (χ3v) is 7.11. The number of hydrogen-bond acceptors (Lipinski definition) is 3. The Bertz CT molecular complexity index is 958. The molecule has 3 nitrogen and oxygen atoms in total. The Kier molecular flexibility index (Phi) is 7.24. The lowest BCUT2D eigenvalue weighted by Gasteiger charge is -2.41. The zero-order valence-electron chi connectivity index (χ0n) is 17.8. The van der Waals surface area contributed by atoms with E-state index in [4.69, 9.17) is 27.9 Å². The van der Waals surface area contributed by atoms with Crippen LogP contribution in [-0.4, -0.2) is 18.4 Å². The van der Waals surface area contributed by atoms with E-state index in [1.165, 1.54) is 24.0 Å². The maximum absolute atomic E-state index is 11.9. The van der Waals surface area contributed by atoms with Crippen LogP contribution in [0.25, 0.3) is 0 Å². The Labute approximate surface area is 195 Å². The number of rotatable bonds is 5. The number of nitrogens with zero attached hydrogens (tertiary/aromatic N) is 1. The van der Waals surface area contributed by atoms with Crippen molar-refractivity contribution in [1.29, 1.82) is 0 Å². The summed E-state index contributed by atoms with van der Waals surface area (Å²) in [5, 5.41) is 0.328. The van der Waals surface area contributed by atoms with Crippen molar-refractivity contribution >= 4 is 34.1 Å². The van der Waals surface area contributed by atoms with Crippen LogP contribution in [-0.2, 0) is 13.0 Å². The maximum Gasteiger partial charge on any atom is 0.252 e. The molecule has 31 heavy (non-hydrogen) atoms. The second kappa shape index (κ2) is 10.1. The molecule has 164 valence electrons. The van der Waals surface area contributed by atoms with Crippen molar-refractivity contribution < 1.29 is 9.53 Å². The van der Waals surface area contributed by atoms with E-state index in [1.54, 1.807) is 6.07 Å². The van der Waals surface area contributed by atoms with Gasteiger partial charge in [0.15, 0.2) is 0 Å². The minimum Gasteiger partial charge on any atom is -0.491 e. The number of carbonyl (C=O) groups excluding carboxylic acids is 1. The Hall–Kier alpha value is -1.97. The topological polar surface area (TPSA) is 29.5 Å². The van der Waals surface area contributed by atoms with Crippen molar-refractivity contribution in [2.75, 3.05) is 18.1 Å². The van der Waals surface area contributed by atoms with Crippen molar-refractivity contribution in [3.63, 3.8) is 0 Å². The third-order valence-electron chi connectivity index (χ3n) is 6.65. The number of hydrogen-bond donors (Lipinski definition) is 0. The van der Waals surface area contributed by atoms with Crippen LogP contribution in [0.1, 0.15) is 53.6 Å². The number of benzene rings is 2. The summed E-state index contributed by atoms with van der Waals surface area (Å²) in [5.74, 6) is 2.09. The summed E-state index contributed by atoms with van der Waals surface area (Å²) < 4.78 is 6.18. The lowest BCUT2D eigenvalue weighted by Crippen LogP contribution is -2.38. The Morgan fingerprint density at radius 2 is 1.97 bits per heavy atom. The van der Waals surface area contributed by atoms with Crippen molar-refractivity contribution in [2.24, 2.45) is 11.8 Å². The van der Waals surface area contributed by atoms with Gasteiger partial charge in [-0.2, -0.15) is 0 Å². The van der Waals surface area contributed by atoms with Gasteiger partial charge >= 0.3 is 0 Å². The van der Waals surface area contributed by atoms with Crippen molar-refractivity contribution in [2.45, 2.75) is 45.1 Å². The highest BCUT2D eigenvalue weighted by atomic mass is 35.5. The molecule has 2 aliphatic rings. The first-order valence-corrected chi connectivity index (χ1v) is 11.9. The van der Waals surface area contributed by atoms with Gasteiger partial charge in [-0.15, -0.1) is 6.58 Å². The molecule has 0 bridgehead atoms.